The van der Waals surface area contributed by atoms with E-state index in [1.54, 1.807) is 6.20 Å². The highest BCUT2D eigenvalue weighted by molar-refractivity contribution is 9.10. The van der Waals surface area contributed by atoms with Gasteiger partial charge in [0.1, 0.15) is 12.4 Å². The van der Waals surface area contributed by atoms with Crippen LogP contribution >= 0.6 is 15.9 Å². The first-order chi connectivity index (χ1) is 10.2. The van der Waals surface area contributed by atoms with Gasteiger partial charge in [-0.15, -0.1) is 0 Å². The molecule has 4 heteroatoms. The van der Waals surface area contributed by atoms with E-state index in [1.807, 2.05) is 18.2 Å². The molecular formula is C17H21BrN2O. The molecule has 0 aliphatic rings. The lowest BCUT2D eigenvalue weighted by molar-refractivity contribution is 0.297. The van der Waals surface area contributed by atoms with Crippen molar-refractivity contribution < 1.29 is 4.74 Å². The van der Waals surface area contributed by atoms with E-state index >= 15 is 0 Å². The minimum absolute atomic E-state index is 0.483. The van der Waals surface area contributed by atoms with Gasteiger partial charge in [-0.3, -0.25) is 4.98 Å². The number of pyridine rings is 1. The molecule has 0 fully saturated rings. The molecular weight excluding hydrogens is 328 g/mol. The number of hydrogen-bond donors (Lipinski definition) is 1. The number of rotatable bonds is 7. The molecule has 112 valence electrons. The van der Waals surface area contributed by atoms with E-state index in [-0.39, 0.29) is 0 Å². The zero-order valence-corrected chi connectivity index (χ0v) is 14.1. The zero-order chi connectivity index (χ0) is 15.1. The van der Waals surface area contributed by atoms with Crippen molar-refractivity contribution in [2.75, 3.05) is 6.54 Å². The third-order valence-corrected chi connectivity index (χ3v) is 3.59. The lowest BCUT2D eigenvalue weighted by atomic mass is 10.1. The first kappa shape index (κ1) is 16.0. The van der Waals surface area contributed by atoms with Crippen molar-refractivity contribution in [3.05, 3.63) is 57.8 Å². The molecule has 1 aromatic carbocycles. The highest BCUT2D eigenvalue weighted by Crippen LogP contribution is 2.21. The summed E-state index contributed by atoms with van der Waals surface area (Å²) in [6, 6.07) is 10.2. The summed E-state index contributed by atoms with van der Waals surface area (Å²) in [4.78, 5) is 4.33. The highest BCUT2D eigenvalue weighted by atomic mass is 79.9. The number of hydrogen-bond acceptors (Lipinski definition) is 3. The van der Waals surface area contributed by atoms with Crippen LogP contribution in [0.3, 0.4) is 0 Å². The van der Waals surface area contributed by atoms with E-state index in [4.69, 9.17) is 4.74 Å². The zero-order valence-electron chi connectivity index (χ0n) is 12.5. The molecule has 1 aromatic heterocycles. The van der Waals surface area contributed by atoms with Gasteiger partial charge in [0.2, 0.25) is 0 Å². The van der Waals surface area contributed by atoms with Gasteiger partial charge in [0.05, 0.1) is 5.69 Å². The molecule has 1 heterocycles. The summed E-state index contributed by atoms with van der Waals surface area (Å²) in [7, 11) is 0. The third kappa shape index (κ3) is 5.14. The molecule has 0 aliphatic carbocycles. The summed E-state index contributed by atoms with van der Waals surface area (Å²) in [5.74, 6) is 0.925. The summed E-state index contributed by atoms with van der Waals surface area (Å²) >= 11 is 3.38. The predicted molar refractivity (Wildman–Crippen MR) is 89.4 cm³/mol. The van der Waals surface area contributed by atoms with Gasteiger partial charge in [0, 0.05) is 22.8 Å². The minimum atomic E-state index is 0.483. The molecule has 3 nitrogen and oxygen atoms in total. The van der Waals surface area contributed by atoms with Crippen LogP contribution in [0.25, 0.3) is 0 Å². The largest absolute Gasteiger partial charge is 0.487 e. The van der Waals surface area contributed by atoms with E-state index < -0.39 is 0 Å². The van der Waals surface area contributed by atoms with Crippen molar-refractivity contribution in [3.63, 3.8) is 0 Å². The normalized spacial score (nSPS) is 10.6. The second-order valence-corrected chi connectivity index (χ2v) is 5.96. The van der Waals surface area contributed by atoms with Crippen LogP contribution in [0.5, 0.6) is 5.75 Å². The van der Waals surface area contributed by atoms with Crippen LogP contribution < -0.4 is 10.1 Å². The Morgan fingerprint density at radius 2 is 2.10 bits per heavy atom. The summed E-state index contributed by atoms with van der Waals surface area (Å²) < 4.78 is 6.91. The van der Waals surface area contributed by atoms with E-state index in [0.717, 1.165) is 35.4 Å². The van der Waals surface area contributed by atoms with Crippen molar-refractivity contribution in [3.8, 4) is 5.75 Å². The maximum atomic E-state index is 5.93. The Hall–Kier alpha value is -1.39. The van der Waals surface area contributed by atoms with Crippen LogP contribution in [0.15, 0.2) is 41.0 Å². The molecule has 0 atom stereocenters. The number of benzene rings is 1. The Morgan fingerprint density at radius 1 is 1.24 bits per heavy atom. The quantitative estimate of drug-likeness (QED) is 0.760. The predicted octanol–water partition coefficient (Wildman–Crippen LogP) is 4.23. The van der Waals surface area contributed by atoms with Gasteiger partial charge in [-0.2, -0.15) is 0 Å². The van der Waals surface area contributed by atoms with Crippen molar-refractivity contribution in [1.29, 1.82) is 0 Å². The van der Waals surface area contributed by atoms with Gasteiger partial charge in [0.25, 0.3) is 0 Å². The minimum Gasteiger partial charge on any atom is -0.487 e. The third-order valence-electron chi connectivity index (χ3n) is 3.12. The smallest absolute Gasteiger partial charge is 0.130 e. The Kier molecular flexibility index (Phi) is 6.21. The van der Waals surface area contributed by atoms with Crippen LogP contribution in [0.2, 0.25) is 0 Å². The first-order valence-electron chi connectivity index (χ1n) is 7.22. The van der Waals surface area contributed by atoms with E-state index in [1.165, 1.54) is 11.1 Å². The molecule has 21 heavy (non-hydrogen) atoms. The summed E-state index contributed by atoms with van der Waals surface area (Å²) in [6.07, 6.45) is 2.92. The molecule has 2 aromatic rings. The Balaban J connectivity index is 2.02. The van der Waals surface area contributed by atoms with Crippen LogP contribution in [0.4, 0.5) is 0 Å². The van der Waals surface area contributed by atoms with Crippen LogP contribution in [0.1, 0.15) is 30.2 Å². The fourth-order valence-electron chi connectivity index (χ4n) is 2.03. The van der Waals surface area contributed by atoms with Crippen molar-refractivity contribution >= 4 is 15.9 Å². The molecule has 0 saturated carbocycles. The number of aryl methyl sites for hydroxylation is 1. The summed E-state index contributed by atoms with van der Waals surface area (Å²) in [5, 5.41) is 3.42. The molecule has 0 saturated heterocycles. The van der Waals surface area contributed by atoms with Crippen molar-refractivity contribution in [2.24, 2.45) is 0 Å². The highest BCUT2D eigenvalue weighted by Gasteiger charge is 2.05. The summed E-state index contributed by atoms with van der Waals surface area (Å²) in [5.41, 5.74) is 3.37. The van der Waals surface area contributed by atoms with E-state index in [9.17, 15) is 0 Å². The molecule has 1 N–H and O–H groups in total. The molecule has 2 rings (SSSR count). The Morgan fingerprint density at radius 3 is 2.81 bits per heavy atom. The van der Waals surface area contributed by atoms with Crippen LogP contribution in [0, 0.1) is 6.92 Å². The second-order valence-electron chi connectivity index (χ2n) is 5.04. The lowest BCUT2D eigenvalue weighted by Crippen LogP contribution is -2.15. The van der Waals surface area contributed by atoms with Gasteiger partial charge in [-0.25, -0.2) is 0 Å². The van der Waals surface area contributed by atoms with Crippen molar-refractivity contribution in [2.45, 2.75) is 33.4 Å². The molecule has 0 radical (unpaired) electrons. The molecule has 0 bridgehead atoms. The van der Waals surface area contributed by atoms with Crippen LogP contribution in [-0.2, 0) is 13.2 Å². The standard InChI is InChI=1S/C17H21BrN2O/c1-3-8-19-10-14-9-13(2)4-7-17(14)21-12-16-6-5-15(18)11-20-16/h4-7,9,11,19H,3,8,10,12H2,1-2H3. The monoisotopic (exact) mass is 348 g/mol. The fraction of sp³-hybridized carbons (Fsp3) is 0.353. The average Bonchev–Trinajstić information content (AvgIpc) is 2.48. The van der Waals surface area contributed by atoms with Gasteiger partial charge >= 0.3 is 0 Å². The average molecular weight is 349 g/mol. The number of aromatic nitrogens is 1. The Labute approximate surface area is 134 Å². The lowest BCUT2D eigenvalue weighted by Gasteiger charge is -2.13. The summed E-state index contributed by atoms with van der Waals surface area (Å²) in [6.45, 7) is 6.60. The molecule has 0 spiro atoms. The van der Waals surface area contributed by atoms with Gasteiger partial charge < -0.3 is 10.1 Å². The Bertz CT molecular complexity index is 570. The molecule has 0 amide bonds. The SMILES string of the molecule is CCCNCc1cc(C)ccc1OCc1ccc(Br)cn1. The maximum Gasteiger partial charge on any atom is 0.130 e. The van der Waals surface area contributed by atoms with E-state index in [0.29, 0.717) is 6.61 Å². The van der Waals surface area contributed by atoms with Crippen molar-refractivity contribution in [1.82, 2.24) is 10.3 Å². The van der Waals surface area contributed by atoms with Gasteiger partial charge in [0.15, 0.2) is 0 Å². The maximum absolute atomic E-state index is 5.93. The fourth-order valence-corrected chi connectivity index (χ4v) is 2.27. The number of halogens is 1. The topological polar surface area (TPSA) is 34.1 Å². The molecule has 0 aliphatic heterocycles. The first-order valence-corrected chi connectivity index (χ1v) is 8.02. The number of nitrogens with one attached hydrogen (secondary N) is 1. The van der Waals surface area contributed by atoms with Gasteiger partial charge in [-0.1, -0.05) is 24.6 Å². The number of ether oxygens (including phenoxy) is 1. The number of nitrogens with zero attached hydrogens (tertiary/aromatic N) is 1. The van der Waals surface area contributed by atoms with Crippen LogP contribution in [-0.4, -0.2) is 11.5 Å². The second kappa shape index (κ2) is 8.15. The van der Waals surface area contributed by atoms with E-state index in [2.05, 4.69) is 52.2 Å². The molecule has 0 unspecified atom stereocenters. The van der Waals surface area contributed by atoms with Gasteiger partial charge in [-0.05, 0) is 54.0 Å².